The third-order valence-electron chi connectivity index (χ3n) is 4.94. The lowest BCUT2D eigenvalue weighted by Gasteiger charge is -2.31. The highest BCUT2D eigenvalue weighted by Gasteiger charge is 2.41. The van der Waals surface area contributed by atoms with Crippen LogP contribution in [0.15, 0.2) is 0 Å². The van der Waals surface area contributed by atoms with Gasteiger partial charge in [0.15, 0.2) is 12.4 Å². The van der Waals surface area contributed by atoms with Crippen LogP contribution in [-0.2, 0) is 19.0 Å². The molecular weight excluding hydrogens is 368 g/mol. The molecule has 8 heteroatoms. The fraction of sp³-hybridized carbons (Fsp3) is 0.950. The number of carbonyl (C=O) groups is 1. The average molecular weight is 407 g/mol. The lowest BCUT2D eigenvalue weighted by Crippen LogP contribution is -2.52. The highest BCUT2D eigenvalue weighted by Crippen LogP contribution is 2.20. The summed E-state index contributed by atoms with van der Waals surface area (Å²) in [5.74, 6) is -0.517. The minimum atomic E-state index is -1.69. The molecule has 0 radical (unpaired) electrons. The van der Waals surface area contributed by atoms with Crippen molar-refractivity contribution >= 4 is 5.97 Å². The van der Waals surface area contributed by atoms with Gasteiger partial charge >= 0.3 is 5.97 Å². The minimum Gasteiger partial charge on any atom is -0.454 e. The van der Waals surface area contributed by atoms with E-state index in [1.165, 1.54) is 32.1 Å². The molecule has 166 valence electrons. The molecule has 0 aromatic carbocycles. The number of hydrogen-bond acceptors (Lipinski definition) is 8. The van der Waals surface area contributed by atoms with E-state index in [1.807, 2.05) is 0 Å². The molecule has 0 aliphatic carbocycles. The predicted molar refractivity (Wildman–Crippen MR) is 103 cm³/mol. The van der Waals surface area contributed by atoms with Gasteiger partial charge in [-0.1, -0.05) is 58.3 Å². The number of ether oxygens (including phenoxy) is 3. The molecule has 8 nitrogen and oxygen atoms in total. The van der Waals surface area contributed by atoms with E-state index >= 15 is 0 Å². The Morgan fingerprint density at radius 3 is 2.00 bits per heavy atom. The molecule has 28 heavy (non-hydrogen) atoms. The normalized spacial score (nSPS) is 19.3. The van der Waals surface area contributed by atoms with Crippen LogP contribution in [0.5, 0.6) is 0 Å². The summed E-state index contributed by atoms with van der Waals surface area (Å²) in [7, 11) is 0. The van der Waals surface area contributed by atoms with Gasteiger partial charge < -0.3 is 34.6 Å². The maximum absolute atomic E-state index is 12.1. The SMILES string of the molecule is CCCCCCCCCCCC(=O)O[C@@H](C1OCCO1)[C@@H](O)[C@@H](O)[C@H](O)CO. The zero-order valence-corrected chi connectivity index (χ0v) is 17.0. The molecule has 4 N–H and O–H groups in total. The first-order chi connectivity index (χ1) is 13.5. The molecule has 0 unspecified atom stereocenters. The maximum atomic E-state index is 12.1. The molecule has 0 aromatic rings. The Morgan fingerprint density at radius 2 is 1.46 bits per heavy atom. The minimum absolute atomic E-state index is 0.199. The molecular formula is C20H38O8. The lowest BCUT2D eigenvalue weighted by molar-refractivity contribution is -0.210. The first-order valence-electron chi connectivity index (χ1n) is 10.6. The second kappa shape index (κ2) is 15.1. The standard InChI is InChI=1S/C20H38O8/c1-2-3-4-5-6-7-8-9-10-11-16(23)28-19(20-26-12-13-27-20)18(25)17(24)15(22)14-21/h15,17-22,24-25H,2-14H2,1H3/t15-,17+,18+,19-/m1/s1. The summed E-state index contributed by atoms with van der Waals surface area (Å²) < 4.78 is 15.9. The number of carbonyl (C=O) groups excluding carboxylic acids is 1. The maximum Gasteiger partial charge on any atom is 0.306 e. The van der Waals surface area contributed by atoms with E-state index < -0.39 is 43.3 Å². The van der Waals surface area contributed by atoms with E-state index in [2.05, 4.69) is 6.92 Å². The Morgan fingerprint density at radius 1 is 0.929 bits per heavy atom. The van der Waals surface area contributed by atoms with Gasteiger partial charge in [0, 0.05) is 6.42 Å². The van der Waals surface area contributed by atoms with Gasteiger partial charge in [-0.3, -0.25) is 4.79 Å². The van der Waals surface area contributed by atoms with Crippen molar-refractivity contribution in [2.75, 3.05) is 19.8 Å². The van der Waals surface area contributed by atoms with Crippen molar-refractivity contribution in [2.45, 2.75) is 102 Å². The number of esters is 1. The van der Waals surface area contributed by atoms with Gasteiger partial charge in [0.2, 0.25) is 0 Å². The van der Waals surface area contributed by atoms with Crippen molar-refractivity contribution in [1.29, 1.82) is 0 Å². The summed E-state index contributed by atoms with van der Waals surface area (Å²) in [6.07, 6.45) is 3.17. The third-order valence-corrected chi connectivity index (χ3v) is 4.94. The zero-order chi connectivity index (χ0) is 20.8. The van der Waals surface area contributed by atoms with Crippen LogP contribution in [0.25, 0.3) is 0 Å². The molecule has 0 bridgehead atoms. The van der Waals surface area contributed by atoms with Gasteiger partial charge in [0.25, 0.3) is 0 Å². The fourth-order valence-electron chi connectivity index (χ4n) is 3.17. The first-order valence-corrected chi connectivity index (χ1v) is 10.6. The van der Waals surface area contributed by atoms with Gasteiger partial charge in [-0.25, -0.2) is 0 Å². The van der Waals surface area contributed by atoms with Crippen LogP contribution in [-0.4, -0.2) is 76.9 Å². The number of aliphatic hydroxyl groups is 4. The summed E-state index contributed by atoms with van der Waals surface area (Å²) in [6.45, 7) is 2.03. The van der Waals surface area contributed by atoms with Gasteiger partial charge in [-0.05, 0) is 6.42 Å². The van der Waals surface area contributed by atoms with Crippen molar-refractivity contribution in [3.63, 3.8) is 0 Å². The number of aliphatic hydroxyl groups excluding tert-OH is 4. The molecule has 0 aromatic heterocycles. The quantitative estimate of drug-likeness (QED) is 0.223. The van der Waals surface area contributed by atoms with Crippen molar-refractivity contribution in [3.05, 3.63) is 0 Å². The smallest absolute Gasteiger partial charge is 0.306 e. The molecule has 0 spiro atoms. The molecule has 1 rings (SSSR count). The van der Waals surface area contributed by atoms with E-state index in [9.17, 15) is 20.1 Å². The van der Waals surface area contributed by atoms with Crippen molar-refractivity contribution in [2.24, 2.45) is 0 Å². The Hall–Kier alpha value is -0.770. The third kappa shape index (κ3) is 9.62. The summed E-state index contributed by atoms with van der Waals surface area (Å²) in [5.41, 5.74) is 0. The topological polar surface area (TPSA) is 126 Å². The zero-order valence-electron chi connectivity index (χ0n) is 17.0. The Bertz CT molecular complexity index is 400. The Balaban J connectivity index is 2.33. The first kappa shape index (κ1) is 25.3. The fourth-order valence-corrected chi connectivity index (χ4v) is 3.17. The molecule has 1 fully saturated rings. The molecule has 1 heterocycles. The van der Waals surface area contributed by atoms with Crippen LogP contribution in [0, 0.1) is 0 Å². The van der Waals surface area contributed by atoms with Crippen LogP contribution in [0.3, 0.4) is 0 Å². The van der Waals surface area contributed by atoms with Crippen LogP contribution in [0.1, 0.15) is 71.1 Å². The summed E-state index contributed by atoms with van der Waals surface area (Å²) >= 11 is 0. The van der Waals surface area contributed by atoms with E-state index in [-0.39, 0.29) is 19.6 Å². The van der Waals surface area contributed by atoms with E-state index in [0.29, 0.717) is 6.42 Å². The molecule has 0 amide bonds. The van der Waals surface area contributed by atoms with E-state index in [4.69, 9.17) is 19.3 Å². The molecule has 4 atom stereocenters. The molecule has 1 aliphatic heterocycles. The number of rotatable bonds is 16. The van der Waals surface area contributed by atoms with Gasteiger partial charge in [0.05, 0.1) is 19.8 Å². The monoisotopic (exact) mass is 406 g/mol. The lowest BCUT2D eigenvalue weighted by atomic mass is 10.0. The summed E-state index contributed by atoms with van der Waals surface area (Å²) in [6, 6.07) is 0. The van der Waals surface area contributed by atoms with Crippen LogP contribution in [0.4, 0.5) is 0 Å². The highest BCUT2D eigenvalue weighted by molar-refractivity contribution is 5.69. The largest absolute Gasteiger partial charge is 0.454 e. The van der Waals surface area contributed by atoms with Crippen LogP contribution < -0.4 is 0 Å². The van der Waals surface area contributed by atoms with E-state index in [1.54, 1.807) is 0 Å². The van der Waals surface area contributed by atoms with Crippen molar-refractivity contribution in [1.82, 2.24) is 0 Å². The van der Waals surface area contributed by atoms with Crippen LogP contribution in [0.2, 0.25) is 0 Å². The molecule has 1 saturated heterocycles. The average Bonchev–Trinajstić information content (AvgIpc) is 3.23. The van der Waals surface area contributed by atoms with Gasteiger partial charge in [-0.2, -0.15) is 0 Å². The molecule has 1 aliphatic rings. The van der Waals surface area contributed by atoms with Crippen molar-refractivity contribution in [3.8, 4) is 0 Å². The number of hydrogen-bond donors (Lipinski definition) is 4. The number of unbranched alkanes of at least 4 members (excludes halogenated alkanes) is 8. The van der Waals surface area contributed by atoms with E-state index in [0.717, 1.165) is 19.3 Å². The van der Waals surface area contributed by atoms with Gasteiger partial charge in [-0.15, -0.1) is 0 Å². The second-order valence-electron chi connectivity index (χ2n) is 7.37. The predicted octanol–water partition coefficient (Wildman–Crippen LogP) is 1.27. The Kier molecular flexibility index (Phi) is 13.6. The highest BCUT2D eigenvalue weighted by atomic mass is 16.7. The molecule has 0 saturated carbocycles. The summed E-state index contributed by atoms with van der Waals surface area (Å²) in [5, 5.41) is 38.6. The van der Waals surface area contributed by atoms with Crippen LogP contribution >= 0.6 is 0 Å². The van der Waals surface area contributed by atoms with Gasteiger partial charge in [0.1, 0.15) is 18.3 Å². The second-order valence-corrected chi connectivity index (χ2v) is 7.37. The summed E-state index contributed by atoms with van der Waals surface area (Å²) in [4.78, 5) is 12.1. The Labute approximate surface area is 167 Å². The van der Waals surface area contributed by atoms with Crippen molar-refractivity contribution < 1.29 is 39.4 Å².